The highest BCUT2D eigenvalue weighted by atomic mass is 32.2. The number of fused-ring (bicyclic) bond motifs is 1. The van der Waals surface area contributed by atoms with Crippen molar-refractivity contribution in [1.82, 2.24) is 25.1 Å². The summed E-state index contributed by atoms with van der Waals surface area (Å²) >= 11 is 1.57. The quantitative estimate of drug-likeness (QED) is 0.338. The maximum Gasteiger partial charge on any atom is 0.231 e. The van der Waals surface area contributed by atoms with Crippen molar-refractivity contribution >= 4 is 45.9 Å². The summed E-state index contributed by atoms with van der Waals surface area (Å²) in [5.74, 6) is 1.26. The number of anilines is 4. The lowest BCUT2D eigenvalue weighted by molar-refractivity contribution is 0.122. The van der Waals surface area contributed by atoms with E-state index in [1.807, 2.05) is 42.8 Å². The lowest BCUT2D eigenvalue weighted by atomic mass is 10.2. The molecular weight excluding hydrogens is 436 g/mol. The molecule has 0 aliphatic carbocycles. The molecule has 1 aliphatic heterocycles. The highest BCUT2D eigenvalue weighted by Crippen LogP contribution is 2.30. The summed E-state index contributed by atoms with van der Waals surface area (Å²) in [7, 11) is 0. The van der Waals surface area contributed by atoms with E-state index < -0.39 is 0 Å². The topological polar surface area (TPSA) is 104 Å². The van der Waals surface area contributed by atoms with Gasteiger partial charge in [-0.05, 0) is 42.7 Å². The first-order chi connectivity index (χ1) is 16.3. The van der Waals surface area contributed by atoms with E-state index in [1.165, 1.54) is 5.69 Å². The van der Waals surface area contributed by atoms with Gasteiger partial charge in [0.25, 0.3) is 0 Å². The summed E-state index contributed by atoms with van der Waals surface area (Å²) in [6.45, 7) is 4.07. The van der Waals surface area contributed by atoms with E-state index in [1.54, 1.807) is 11.8 Å². The molecule has 1 aliphatic rings. The van der Waals surface area contributed by atoms with Crippen molar-refractivity contribution in [1.29, 1.82) is 0 Å². The second-order valence-electron chi connectivity index (χ2n) is 7.62. The molecule has 4 aromatic rings. The molecular formula is C23H26N8OS. The molecule has 1 aromatic carbocycles. The third kappa shape index (κ3) is 5.01. The summed E-state index contributed by atoms with van der Waals surface area (Å²) in [6.07, 6.45) is 4.60. The third-order valence-electron chi connectivity index (χ3n) is 5.48. The number of aromatic nitrogens is 5. The molecule has 0 spiro atoms. The molecule has 0 bridgehead atoms. The van der Waals surface area contributed by atoms with E-state index in [4.69, 9.17) is 9.72 Å². The highest BCUT2D eigenvalue weighted by molar-refractivity contribution is 7.98. The zero-order valence-corrected chi connectivity index (χ0v) is 19.2. The molecule has 0 amide bonds. The number of aromatic amines is 1. The molecule has 0 unspecified atom stereocenters. The minimum absolute atomic E-state index is 0.512. The van der Waals surface area contributed by atoms with Gasteiger partial charge in [-0.1, -0.05) is 6.07 Å². The first-order valence-corrected chi connectivity index (χ1v) is 12.2. The van der Waals surface area contributed by atoms with Crippen LogP contribution >= 0.6 is 11.8 Å². The molecule has 10 heteroatoms. The summed E-state index contributed by atoms with van der Waals surface area (Å²) in [6, 6.07) is 14.3. The number of nitrogens with one attached hydrogen (secondary N) is 3. The van der Waals surface area contributed by atoms with Crippen LogP contribution in [0.15, 0.2) is 53.7 Å². The zero-order chi connectivity index (χ0) is 22.5. The molecule has 170 valence electrons. The Kier molecular flexibility index (Phi) is 6.54. The van der Waals surface area contributed by atoms with E-state index in [2.05, 4.69) is 47.8 Å². The van der Waals surface area contributed by atoms with Crippen LogP contribution in [0.3, 0.4) is 0 Å². The number of hydrogen-bond donors (Lipinski definition) is 3. The molecule has 1 fully saturated rings. The van der Waals surface area contributed by atoms with Gasteiger partial charge in [0.15, 0.2) is 5.65 Å². The van der Waals surface area contributed by atoms with Crippen molar-refractivity contribution in [2.45, 2.75) is 11.4 Å². The fourth-order valence-electron chi connectivity index (χ4n) is 3.80. The summed E-state index contributed by atoms with van der Waals surface area (Å²) in [5.41, 5.74) is 3.85. The second kappa shape index (κ2) is 10.1. The number of thioether (sulfide) groups is 1. The number of nitrogens with zero attached hydrogens (tertiary/aromatic N) is 5. The van der Waals surface area contributed by atoms with Gasteiger partial charge in [0.1, 0.15) is 10.8 Å². The number of hydrogen-bond acceptors (Lipinski definition) is 9. The first kappa shape index (κ1) is 21.5. The summed E-state index contributed by atoms with van der Waals surface area (Å²) in [5, 5.41) is 16.0. The smallest absolute Gasteiger partial charge is 0.231 e. The second-order valence-corrected chi connectivity index (χ2v) is 8.42. The average Bonchev–Trinajstić information content (AvgIpc) is 3.29. The van der Waals surface area contributed by atoms with Gasteiger partial charge in [0.05, 0.1) is 18.6 Å². The lowest BCUT2D eigenvalue weighted by Gasteiger charge is -2.28. The number of H-pyrrole nitrogens is 1. The number of benzene rings is 1. The largest absolute Gasteiger partial charge is 0.378 e. The molecule has 9 nitrogen and oxygen atoms in total. The van der Waals surface area contributed by atoms with E-state index in [9.17, 15) is 0 Å². The molecule has 3 N–H and O–H groups in total. The molecule has 33 heavy (non-hydrogen) atoms. The predicted octanol–water partition coefficient (Wildman–Crippen LogP) is 3.70. The van der Waals surface area contributed by atoms with Crippen LogP contribution in [0.25, 0.3) is 11.0 Å². The molecule has 0 radical (unpaired) electrons. The number of morpholine rings is 1. The van der Waals surface area contributed by atoms with E-state index in [0.29, 0.717) is 18.1 Å². The molecule has 0 atom stereocenters. The van der Waals surface area contributed by atoms with Crippen LogP contribution in [-0.2, 0) is 11.2 Å². The Labute approximate surface area is 196 Å². The van der Waals surface area contributed by atoms with Crippen molar-refractivity contribution in [2.75, 3.05) is 54.6 Å². The fourth-order valence-corrected chi connectivity index (χ4v) is 4.33. The van der Waals surface area contributed by atoms with Crippen LogP contribution in [0.5, 0.6) is 0 Å². The Hall–Kier alpha value is -3.37. The monoisotopic (exact) mass is 462 g/mol. The Morgan fingerprint density at radius 3 is 2.70 bits per heavy atom. The van der Waals surface area contributed by atoms with Crippen LogP contribution in [0, 0.1) is 0 Å². The zero-order valence-electron chi connectivity index (χ0n) is 18.4. The van der Waals surface area contributed by atoms with Crippen molar-refractivity contribution in [3.63, 3.8) is 0 Å². The molecule has 5 rings (SSSR count). The SMILES string of the molecule is CSc1n[nH]c2nc(Nc3ccc(N4CCOCC4)cc3)nc(NCCc3ccccn3)c12. The molecule has 1 saturated heterocycles. The maximum absolute atomic E-state index is 5.44. The van der Waals surface area contributed by atoms with Crippen LogP contribution in [0.2, 0.25) is 0 Å². The third-order valence-corrected chi connectivity index (χ3v) is 6.16. The minimum Gasteiger partial charge on any atom is -0.378 e. The highest BCUT2D eigenvalue weighted by Gasteiger charge is 2.16. The van der Waals surface area contributed by atoms with Gasteiger partial charge < -0.3 is 20.3 Å². The van der Waals surface area contributed by atoms with Crippen LogP contribution in [0.1, 0.15) is 5.69 Å². The summed E-state index contributed by atoms with van der Waals surface area (Å²) < 4.78 is 5.44. The van der Waals surface area contributed by atoms with Gasteiger partial charge in [0.2, 0.25) is 5.95 Å². The van der Waals surface area contributed by atoms with E-state index in [-0.39, 0.29) is 0 Å². The Morgan fingerprint density at radius 2 is 1.94 bits per heavy atom. The average molecular weight is 463 g/mol. The molecule has 3 aromatic heterocycles. The van der Waals surface area contributed by atoms with Crippen molar-refractivity contribution in [2.24, 2.45) is 0 Å². The number of pyridine rings is 1. The van der Waals surface area contributed by atoms with Crippen molar-refractivity contribution in [3.8, 4) is 0 Å². The maximum atomic E-state index is 5.44. The van der Waals surface area contributed by atoms with Gasteiger partial charge in [0, 0.05) is 49.3 Å². The number of rotatable bonds is 8. The van der Waals surface area contributed by atoms with Crippen molar-refractivity contribution < 1.29 is 4.74 Å². The van der Waals surface area contributed by atoms with E-state index >= 15 is 0 Å². The predicted molar refractivity (Wildman–Crippen MR) is 133 cm³/mol. The Balaban J connectivity index is 1.34. The first-order valence-electron chi connectivity index (χ1n) is 10.9. The van der Waals surface area contributed by atoms with Gasteiger partial charge >= 0.3 is 0 Å². The number of ether oxygens (including phenoxy) is 1. The van der Waals surface area contributed by atoms with Gasteiger partial charge in [-0.2, -0.15) is 15.1 Å². The Morgan fingerprint density at radius 1 is 1.09 bits per heavy atom. The van der Waals surface area contributed by atoms with E-state index in [0.717, 1.165) is 60.3 Å². The lowest BCUT2D eigenvalue weighted by Crippen LogP contribution is -2.36. The molecule has 4 heterocycles. The normalized spacial score (nSPS) is 13.9. The standard InChI is InChI=1S/C23H26N8OS/c1-33-22-19-20(25-11-9-16-4-2-3-10-24-16)27-23(28-21(19)29-30-22)26-17-5-7-18(8-6-17)31-12-14-32-15-13-31/h2-8,10H,9,11-15H2,1H3,(H3,25,26,27,28,29,30). The van der Waals surface area contributed by atoms with Crippen molar-refractivity contribution in [3.05, 3.63) is 54.4 Å². The van der Waals surface area contributed by atoms with Gasteiger partial charge in [-0.15, -0.1) is 11.8 Å². The Bertz CT molecular complexity index is 1190. The van der Waals surface area contributed by atoms with Crippen LogP contribution in [-0.4, -0.2) is 64.3 Å². The van der Waals surface area contributed by atoms with Crippen LogP contribution in [0.4, 0.5) is 23.1 Å². The fraction of sp³-hybridized carbons (Fsp3) is 0.304. The minimum atomic E-state index is 0.512. The summed E-state index contributed by atoms with van der Waals surface area (Å²) in [4.78, 5) is 16.1. The van der Waals surface area contributed by atoms with Gasteiger partial charge in [-0.3, -0.25) is 10.1 Å². The van der Waals surface area contributed by atoms with Gasteiger partial charge in [-0.25, -0.2) is 0 Å². The molecule has 0 saturated carbocycles. The van der Waals surface area contributed by atoms with Crippen LogP contribution < -0.4 is 15.5 Å².